The molecule has 14 heavy (non-hydrogen) atoms. The summed E-state index contributed by atoms with van der Waals surface area (Å²) in [5.41, 5.74) is -0.0698. The lowest BCUT2D eigenvalue weighted by Gasteiger charge is -2.35. The second-order valence-electron chi connectivity index (χ2n) is 4.82. The van der Waals surface area contributed by atoms with Crippen molar-refractivity contribution in [3.63, 3.8) is 0 Å². The first-order chi connectivity index (χ1) is 6.49. The molecular formula is C11H20BrNO. The zero-order chi connectivity index (χ0) is 10.8. The predicted molar refractivity (Wildman–Crippen MR) is 62.6 cm³/mol. The Labute approximate surface area is 95.2 Å². The van der Waals surface area contributed by atoms with Crippen molar-refractivity contribution in [2.75, 3.05) is 12.4 Å². The lowest BCUT2D eigenvalue weighted by Crippen LogP contribution is -2.48. The lowest BCUT2D eigenvalue weighted by atomic mass is 10.0. The summed E-state index contributed by atoms with van der Waals surface area (Å²) in [6.45, 7) is 4.18. The molecule has 2 nitrogen and oxygen atoms in total. The number of halogens is 1. The molecule has 0 aromatic carbocycles. The summed E-state index contributed by atoms with van der Waals surface area (Å²) in [6, 6.07) is 0. The minimum absolute atomic E-state index is 0.0698. The van der Waals surface area contributed by atoms with Crippen molar-refractivity contribution in [2.24, 2.45) is 5.92 Å². The first-order valence-corrected chi connectivity index (χ1v) is 6.45. The number of hydrogen-bond acceptors (Lipinski definition) is 1. The zero-order valence-electron chi connectivity index (χ0n) is 9.35. The van der Waals surface area contributed by atoms with Crippen LogP contribution in [0.3, 0.4) is 0 Å². The van der Waals surface area contributed by atoms with Crippen LogP contribution >= 0.6 is 15.9 Å². The molecule has 1 rings (SSSR count). The molecule has 0 atom stereocenters. The fraction of sp³-hybridized carbons (Fsp3) is 0.909. The molecule has 1 amide bonds. The van der Waals surface area contributed by atoms with Crippen LogP contribution in [0.25, 0.3) is 0 Å². The van der Waals surface area contributed by atoms with Crippen LogP contribution in [0.15, 0.2) is 0 Å². The van der Waals surface area contributed by atoms with E-state index in [0.717, 1.165) is 18.2 Å². The van der Waals surface area contributed by atoms with Crippen LogP contribution in [0.5, 0.6) is 0 Å². The number of hydrogen-bond donors (Lipinski definition) is 0. The summed E-state index contributed by atoms with van der Waals surface area (Å²) < 4.78 is 0. The largest absolute Gasteiger partial charge is 0.340 e. The average Bonchev–Trinajstić information content (AvgIpc) is 2.68. The Morgan fingerprint density at radius 2 is 1.93 bits per heavy atom. The number of alkyl halides is 1. The summed E-state index contributed by atoms with van der Waals surface area (Å²) in [7, 11) is 1.92. The molecule has 1 aliphatic rings. The van der Waals surface area contributed by atoms with E-state index in [1.165, 1.54) is 12.8 Å². The van der Waals surface area contributed by atoms with Crippen molar-refractivity contribution >= 4 is 21.8 Å². The maximum absolute atomic E-state index is 12.1. The van der Waals surface area contributed by atoms with Crippen molar-refractivity contribution in [3.8, 4) is 0 Å². The Bertz CT molecular complexity index is 209. The third kappa shape index (κ3) is 2.50. The van der Waals surface area contributed by atoms with Gasteiger partial charge in [-0.2, -0.15) is 0 Å². The minimum atomic E-state index is -0.0698. The molecule has 0 unspecified atom stereocenters. The van der Waals surface area contributed by atoms with Gasteiger partial charge in [0.2, 0.25) is 5.91 Å². The van der Waals surface area contributed by atoms with Gasteiger partial charge in [0, 0.05) is 23.8 Å². The molecule has 1 aliphatic carbocycles. The summed E-state index contributed by atoms with van der Waals surface area (Å²) in [5.74, 6) is 0.616. The molecule has 0 radical (unpaired) electrons. The zero-order valence-corrected chi connectivity index (χ0v) is 10.9. The molecule has 0 spiro atoms. The van der Waals surface area contributed by atoms with Gasteiger partial charge in [0.15, 0.2) is 0 Å². The quantitative estimate of drug-likeness (QED) is 0.716. The SMILES string of the molecule is CN(C(=O)C1CCCC1)C(C)(C)CBr. The highest BCUT2D eigenvalue weighted by molar-refractivity contribution is 9.09. The molecule has 0 aromatic heterocycles. The van der Waals surface area contributed by atoms with Gasteiger partial charge in [-0.1, -0.05) is 28.8 Å². The monoisotopic (exact) mass is 261 g/mol. The van der Waals surface area contributed by atoms with Gasteiger partial charge in [0.1, 0.15) is 0 Å². The Morgan fingerprint density at radius 3 is 2.36 bits per heavy atom. The van der Waals surface area contributed by atoms with Crippen LogP contribution in [0.4, 0.5) is 0 Å². The van der Waals surface area contributed by atoms with Crippen LogP contribution in [0.2, 0.25) is 0 Å². The molecule has 1 saturated carbocycles. The van der Waals surface area contributed by atoms with Crippen molar-refractivity contribution in [3.05, 3.63) is 0 Å². The first-order valence-electron chi connectivity index (χ1n) is 5.32. The van der Waals surface area contributed by atoms with E-state index in [0.29, 0.717) is 11.8 Å². The van der Waals surface area contributed by atoms with Gasteiger partial charge < -0.3 is 4.90 Å². The Morgan fingerprint density at radius 1 is 1.43 bits per heavy atom. The van der Waals surface area contributed by atoms with E-state index in [1.807, 2.05) is 11.9 Å². The van der Waals surface area contributed by atoms with Crippen molar-refractivity contribution in [2.45, 2.75) is 45.1 Å². The van der Waals surface area contributed by atoms with Gasteiger partial charge in [-0.05, 0) is 26.7 Å². The number of nitrogens with zero attached hydrogens (tertiary/aromatic N) is 1. The average molecular weight is 262 g/mol. The molecule has 0 N–H and O–H groups in total. The molecule has 1 fully saturated rings. The molecule has 0 aromatic rings. The van der Waals surface area contributed by atoms with E-state index < -0.39 is 0 Å². The predicted octanol–water partition coefficient (Wildman–Crippen LogP) is 2.81. The van der Waals surface area contributed by atoms with Crippen LogP contribution in [-0.2, 0) is 4.79 Å². The molecular weight excluding hydrogens is 242 g/mol. The minimum Gasteiger partial charge on any atom is -0.340 e. The Balaban J connectivity index is 2.59. The summed E-state index contributed by atoms with van der Waals surface area (Å²) in [6.07, 6.45) is 4.61. The molecule has 0 aliphatic heterocycles. The van der Waals surface area contributed by atoms with Crippen LogP contribution in [0.1, 0.15) is 39.5 Å². The maximum Gasteiger partial charge on any atom is 0.225 e. The highest BCUT2D eigenvalue weighted by Crippen LogP contribution is 2.28. The maximum atomic E-state index is 12.1. The first kappa shape index (κ1) is 12.0. The third-order valence-corrected chi connectivity index (χ3v) is 4.64. The fourth-order valence-corrected chi connectivity index (χ4v) is 2.21. The fourth-order valence-electron chi connectivity index (χ4n) is 1.83. The van der Waals surface area contributed by atoms with E-state index in [4.69, 9.17) is 0 Å². The summed E-state index contributed by atoms with van der Waals surface area (Å²) in [4.78, 5) is 14.0. The van der Waals surface area contributed by atoms with Crippen LogP contribution in [0, 0.1) is 5.92 Å². The van der Waals surface area contributed by atoms with E-state index in [9.17, 15) is 4.79 Å². The normalized spacial score (nSPS) is 18.6. The van der Waals surface area contributed by atoms with Gasteiger partial charge in [0.05, 0.1) is 0 Å². The lowest BCUT2D eigenvalue weighted by molar-refractivity contribution is -0.138. The Kier molecular flexibility index (Phi) is 3.99. The Hall–Kier alpha value is -0.0500. The molecule has 0 saturated heterocycles. The highest BCUT2D eigenvalue weighted by atomic mass is 79.9. The van der Waals surface area contributed by atoms with Gasteiger partial charge in [0.25, 0.3) is 0 Å². The summed E-state index contributed by atoms with van der Waals surface area (Å²) >= 11 is 3.45. The van der Waals surface area contributed by atoms with Gasteiger partial charge in [-0.25, -0.2) is 0 Å². The topological polar surface area (TPSA) is 20.3 Å². The standard InChI is InChI=1S/C11H20BrNO/c1-11(2,8-12)13(3)10(14)9-6-4-5-7-9/h9H,4-8H2,1-3H3. The van der Waals surface area contributed by atoms with Crippen molar-refractivity contribution < 1.29 is 4.79 Å². The molecule has 3 heteroatoms. The van der Waals surface area contributed by atoms with E-state index in [1.54, 1.807) is 0 Å². The third-order valence-electron chi connectivity index (χ3n) is 3.27. The smallest absolute Gasteiger partial charge is 0.225 e. The number of amides is 1. The van der Waals surface area contributed by atoms with E-state index >= 15 is 0 Å². The molecule has 0 bridgehead atoms. The second-order valence-corrected chi connectivity index (χ2v) is 5.39. The number of rotatable bonds is 3. The van der Waals surface area contributed by atoms with E-state index in [2.05, 4.69) is 29.8 Å². The van der Waals surface area contributed by atoms with Gasteiger partial charge in [-0.15, -0.1) is 0 Å². The van der Waals surface area contributed by atoms with Crippen molar-refractivity contribution in [1.29, 1.82) is 0 Å². The van der Waals surface area contributed by atoms with Crippen LogP contribution in [-0.4, -0.2) is 28.7 Å². The molecule has 82 valence electrons. The number of carbonyl (C=O) groups excluding carboxylic acids is 1. The second kappa shape index (κ2) is 4.65. The number of carbonyl (C=O) groups is 1. The van der Waals surface area contributed by atoms with E-state index in [-0.39, 0.29) is 5.54 Å². The van der Waals surface area contributed by atoms with Crippen LogP contribution < -0.4 is 0 Å². The highest BCUT2D eigenvalue weighted by Gasteiger charge is 2.32. The van der Waals surface area contributed by atoms with Gasteiger partial charge >= 0.3 is 0 Å². The van der Waals surface area contributed by atoms with Gasteiger partial charge in [-0.3, -0.25) is 4.79 Å². The molecule has 0 heterocycles. The summed E-state index contributed by atoms with van der Waals surface area (Å²) in [5, 5.41) is 0.828. The van der Waals surface area contributed by atoms with Crippen molar-refractivity contribution in [1.82, 2.24) is 4.90 Å².